The number of para-hydroxylation sites is 1. The summed E-state index contributed by atoms with van der Waals surface area (Å²) in [5.74, 6) is 0.162. The molecule has 0 spiro atoms. The van der Waals surface area contributed by atoms with Crippen LogP contribution in [0.25, 0.3) is 0 Å². The molecular weight excluding hydrogens is 249 g/mol. The standard InChI is InChI=1S/C13H16FN3O2/c1-2-10(15)6-9-4-3-5-11(14)13(9)18-7-12-16-8-19-17-12/h3-5,8,10H,2,6-7,15H2,1H3. The van der Waals surface area contributed by atoms with Gasteiger partial charge in [0.1, 0.15) is 0 Å². The molecule has 0 saturated carbocycles. The minimum absolute atomic E-state index is 0.0191. The second-order valence-electron chi connectivity index (χ2n) is 4.24. The van der Waals surface area contributed by atoms with Crippen molar-refractivity contribution in [2.24, 2.45) is 5.73 Å². The summed E-state index contributed by atoms with van der Waals surface area (Å²) in [6.45, 7) is 2.05. The van der Waals surface area contributed by atoms with E-state index in [9.17, 15) is 4.39 Å². The molecule has 2 rings (SSSR count). The fraction of sp³-hybridized carbons (Fsp3) is 0.385. The number of benzene rings is 1. The van der Waals surface area contributed by atoms with Crippen molar-refractivity contribution in [2.75, 3.05) is 0 Å². The molecule has 102 valence electrons. The molecule has 0 aliphatic heterocycles. The fourth-order valence-corrected chi connectivity index (χ4v) is 1.70. The molecule has 0 amide bonds. The van der Waals surface area contributed by atoms with Crippen LogP contribution in [-0.2, 0) is 13.0 Å². The Bertz CT molecular complexity index is 517. The first kappa shape index (κ1) is 13.5. The van der Waals surface area contributed by atoms with E-state index < -0.39 is 5.82 Å². The van der Waals surface area contributed by atoms with Crippen LogP contribution in [0.1, 0.15) is 24.7 Å². The third kappa shape index (κ3) is 3.51. The summed E-state index contributed by atoms with van der Waals surface area (Å²) in [5.41, 5.74) is 6.65. The molecule has 1 heterocycles. The maximum Gasteiger partial charge on any atom is 0.213 e. The molecule has 19 heavy (non-hydrogen) atoms. The molecule has 1 atom stereocenters. The Kier molecular flexibility index (Phi) is 4.46. The highest BCUT2D eigenvalue weighted by Gasteiger charge is 2.13. The average Bonchev–Trinajstić information content (AvgIpc) is 2.91. The smallest absolute Gasteiger partial charge is 0.213 e. The monoisotopic (exact) mass is 265 g/mol. The van der Waals surface area contributed by atoms with Crippen molar-refractivity contribution < 1.29 is 13.7 Å². The second kappa shape index (κ2) is 6.29. The molecule has 5 nitrogen and oxygen atoms in total. The predicted molar refractivity (Wildman–Crippen MR) is 67.0 cm³/mol. The number of hydrogen-bond donors (Lipinski definition) is 1. The molecule has 0 fully saturated rings. The van der Waals surface area contributed by atoms with Crippen molar-refractivity contribution in [3.63, 3.8) is 0 Å². The van der Waals surface area contributed by atoms with Crippen LogP contribution in [0.3, 0.4) is 0 Å². The SMILES string of the molecule is CCC(N)Cc1cccc(F)c1OCc1ncon1. The number of nitrogens with zero attached hydrogens (tertiary/aromatic N) is 2. The summed E-state index contributed by atoms with van der Waals surface area (Å²) in [4.78, 5) is 3.82. The van der Waals surface area contributed by atoms with Crippen molar-refractivity contribution in [2.45, 2.75) is 32.4 Å². The number of hydrogen-bond acceptors (Lipinski definition) is 5. The lowest BCUT2D eigenvalue weighted by Gasteiger charge is -2.14. The van der Waals surface area contributed by atoms with Gasteiger partial charge < -0.3 is 15.0 Å². The van der Waals surface area contributed by atoms with Crippen LogP contribution in [0.2, 0.25) is 0 Å². The van der Waals surface area contributed by atoms with E-state index >= 15 is 0 Å². The summed E-state index contributed by atoms with van der Waals surface area (Å²) in [7, 11) is 0. The van der Waals surface area contributed by atoms with Gasteiger partial charge in [-0.15, -0.1) is 0 Å². The molecule has 0 radical (unpaired) electrons. The van der Waals surface area contributed by atoms with Gasteiger partial charge in [-0.1, -0.05) is 24.2 Å². The van der Waals surface area contributed by atoms with E-state index in [4.69, 9.17) is 10.5 Å². The number of rotatable bonds is 6. The van der Waals surface area contributed by atoms with Crippen LogP contribution >= 0.6 is 0 Å². The summed E-state index contributed by atoms with van der Waals surface area (Å²) in [5, 5.41) is 3.61. The number of halogens is 1. The van der Waals surface area contributed by atoms with E-state index in [0.29, 0.717) is 12.2 Å². The third-order valence-electron chi connectivity index (χ3n) is 2.81. The van der Waals surface area contributed by atoms with Crippen LogP contribution in [-0.4, -0.2) is 16.2 Å². The van der Waals surface area contributed by atoms with Crippen molar-refractivity contribution in [1.82, 2.24) is 10.1 Å². The van der Waals surface area contributed by atoms with Gasteiger partial charge in [-0.25, -0.2) is 4.39 Å². The Morgan fingerprint density at radius 2 is 2.32 bits per heavy atom. The van der Waals surface area contributed by atoms with E-state index in [0.717, 1.165) is 12.0 Å². The highest BCUT2D eigenvalue weighted by atomic mass is 19.1. The van der Waals surface area contributed by atoms with E-state index in [1.807, 2.05) is 13.0 Å². The maximum absolute atomic E-state index is 13.8. The molecular formula is C13H16FN3O2. The average molecular weight is 265 g/mol. The molecule has 2 aromatic rings. The first-order chi connectivity index (χ1) is 9.20. The molecule has 1 aromatic carbocycles. The van der Waals surface area contributed by atoms with Gasteiger partial charge in [0.2, 0.25) is 12.2 Å². The van der Waals surface area contributed by atoms with Gasteiger partial charge in [0.15, 0.2) is 18.2 Å². The van der Waals surface area contributed by atoms with E-state index in [2.05, 4.69) is 14.7 Å². The molecule has 6 heteroatoms. The quantitative estimate of drug-likeness (QED) is 0.865. The van der Waals surface area contributed by atoms with Crippen LogP contribution in [0.15, 0.2) is 29.1 Å². The Labute approximate surface area is 110 Å². The van der Waals surface area contributed by atoms with Gasteiger partial charge in [-0.3, -0.25) is 0 Å². The van der Waals surface area contributed by atoms with Crippen molar-refractivity contribution >= 4 is 0 Å². The molecule has 0 aliphatic rings. The fourth-order valence-electron chi connectivity index (χ4n) is 1.70. The van der Waals surface area contributed by atoms with Gasteiger partial charge in [-0.2, -0.15) is 4.98 Å². The van der Waals surface area contributed by atoms with Crippen LogP contribution < -0.4 is 10.5 Å². The molecule has 2 N–H and O–H groups in total. The number of nitrogens with two attached hydrogens (primary N) is 1. The summed E-state index contributed by atoms with van der Waals surface area (Å²) in [6.07, 6.45) is 2.59. The lowest BCUT2D eigenvalue weighted by atomic mass is 10.0. The van der Waals surface area contributed by atoms with E-state index in [1.165, 1.54) is 12.5 Å². The lowest BCUT2D eigenvalue weighted by Crippen LogP contribution is -2.22. The van der Waals surface area contributed by atoms with Crippen molar-refractivity contribution in [3.8, 4) is 5.75 Å². The highest BCUT2D eigenvalue weighted by Crippen LogP contribution is 2.24. The topological polar surface area (TPSA) is 74.2 Å². The zero-order valence-electron chi connectivity index (χ0n) is 10.7. The molecule has 1 aromatic heterocycles. The number of ether oxygens (including phenoxy) is 1. The summed E-state index contributed by atoms with van der Waals surface area (Å²) in [6, 6.07) is 4.79. The van der Waals surface area contributed by atoms with Gasteiger partial charge in [0, 0.05) is 6.04 Å². The third-order valence-corrected chi connectivity index (χ3v) is 2.81. The number of aromatic nitrogens is 2. The largest absolute Gasteiger partial charge is 0.482 e. The molecule has 0 aliphatic carbocycles. The lowest BCUT2D eigenvalue weighted by molar-refractivity contribution is 0.270. The Morgan fingerprint density at radius 1 is 1.47 bits per heavy atom. The minimum Gasteiger partial charge on any atom is -0.482 e. The van der Waals surface area contributed by atoms with E-state index in [1.54, 1.807) is 6.07 Å². The predicted octanol–water partition coefficient (Wildman–Crippen LogP) is 2.07. The minimum atomic E-state index is -0.413. The zero-order chi connectivity index (χ0) is 13.7. The van der Waals surface area contributed by atoms with Gasteiger partial charge in [0.25, 0.3) is 0 Å². The van der Waals surface area contributed by atoms with E-state index in [-0.39, 0.29) is 18.4 Å². The first-order valence-electron chi connectivity index (χ1n) is 6.11. The van der Waals surface area contributed by atoms with Crippen LogP contribution in [0, 0.1) is 5.82 Å². The van der Waals surface area contributed by atoms with Gasteiger partial charge >= 0.3 is 0 Å². The molecule has 0 bridgehead atoms. The van der Waals surface area contributed by atoms with Crippen molar-refractivity contribution in [1.29, 1.82) is 0 Å². The van der Waals surface area contributed by atoms with Gasteiger partial charge in [0.05, 0.1) is 0 Å². The molecule has 0 saturated heterocycles. The normalized spacial score (nSPS) is 12.4. The van der Waals surface area contributed by atoms with Crippen LogP contribution in [0.5, 0.6) is 5.75 Å². The Balaban J connectivity index is 2.13. The maximum atomic E-state index is 13.8. The van der Waals surface area contributed by atoms with Gasteiger partial charge in [-0.05, 0) is 24.5 Å². The summed E-state index contributed by atoms with van der Waals surface area (Å²) < 4.78 is 23.8. The van der Waals surface area contributed by atoms with Crippen LogP contribution in [0.4, 0.5) is 4.39 Å². The Hall–Kier alpha value is -1.95. The highest BCUT2D eigenvalue weighted by molar-refractivity contribution is 5.35. The summed E-state index contributed by atoms with van der Waals surface area (Å²) >= 11 is 0. The first-order valence-corrected chi connectivity index (χ1v) is 6.11. The molecule has 1 unspecified atom stereocenters. The Morgan fingerprint density at radius 3 is 3.00 bits per heavy atom. The van der Waals surface area contributed by atoms with Crippen molar-refractivity contribution in [3.05, 3.63) is 41.8 Å². The zero-order valence-corrected chi connectivity index (χ0v) is 10.7. The second-order valence-corrected chi connectivity index (χ2v) is 4.24.